The lowest BCUT2D eigenvalue weighted by Crippen LogP contribution is -2.27. The number of esters is 1. The molecular weight excluding hydrogens is 508 g/mol. The van der Waals surface area contributed by atoms with Crippen LogP contribution < -0.4 is 10.5 Å². The largest absolute Gasteiger partial charge is 0.496 e. The van der Waals surface area contributed by atoms with E-state index >= 15 is 0 Å². The zero-order chi connectivity index (χ0) is 26.4. The molecule has 1 aromatic carbocycles. The second-order valence-electron chi connectivity index (χ2n) is 7.65. The van der Waals surface area contributed by atoms with Gasteiger partial charge in [-0.15, -0.1) is 11.3 Å². The maximum atomic E-state index is 13.3. The first-order valence-corrected chi connectivity index (χ1v) is 13.1. The minimum absolute atomic E-state index is 0.0804. The Kier molecular flexibility index (Phi) is 8.14. The molecule has 0 saturated carbocycles. The van der Waals surface area contributed by atoms with Gasteiger partial charge < -0.3 is 19.9 Å². The van der Waals surface area contributed by atoms with Gasteiger partial charge in [-0.2, -0.15) is 10.5 Å². The first kappa shape index (κ1) is 25.8. The number of benzene rings is 1. The Morgan fingerprint density at radius 3 is 2.68 bits per heavy atom. The molecule has 37 heavy (non-hydrogen) atoms. The average Bonchev–Trinajstić information content (AvgIpc) is 3.46. The van der Waals surface area contributed by atoms with Crippen molar-refractivity contribution in [3.05, 3.63) is 87.8 Å². The fraction of sp³-hybridized carbons (Fsp3) is 0.185. The van der Waals surface area contributed by atoms with Gasteiger partial charge in [0.2, 0.25) is 5.88 Å². The minimum atomic E-state index is -0.856. The van der Waals surface area contributed by atoms with Gasteiger partial charge in [0.1, 0.15) is 34.2 Å². The summed E-state index contributed by atoms with van der Waals surface area (Å²) in [7, 11) is 1.51. The SMILES string of the molecule is CCOC(=O)C1=C(CSc2nc(-c3cccs3)ccc2C#N)OC(N)=C(C#N)C1c1ccccc1OC. The predicted octanol–water partition coefficient (Wildman–Crippen LogP) is 5.11. The third-order valence-electron chi connectivity index (χ3n) is 5.54. The van der Waals surface area contributed by atoms with Crippen molar-refractivity contribution in [1.29, 1.82) is 10.5 Å². The van der Waals surface area contributed by atoms with Crippen LogP contribution in [0.1, 0.15) is 24.0 Å². The summed E-state index contributed by atoms with van der Waals surface area (Å²) in [6.45, 7) is 1.83. The molecule has 1 unspecified atom stereocenters. The highest BCUT2D eigenvalue weighted by atomic mass is 32.2. The molecule has 0 spiro atoms. The Bertz CT molecular complexity index is 1470. The number of carbonyl (C=O) groups is 1. The summed E-state index contributed by atoms with van der Waals surface area (Å²) in [6, 6.07) is 18.7. The number of nitrogens with zero attached hydrogens (tertiary/aromatic N) is 3. The van der Waals surface area contributed by atoms with E-state index in [0.29, 0.717) is 21.9 Å². The van der Waals surface area contributed by atoms with E-state index in [2.05, 4.69) is 17.1 Å². The number of carbonyl (C=O) groups excluding carboxylic acids is 1. The first-order chi connectivity index (χ1) is 18.0. The summed E-state index contributed by atoms with van der Waals surface area (Å²) in [4.78, 5) is 18.9. The van der Waals surface area contributed by atoms with Gasteiger partial charge in [0.15, 0.2) is 0 Å². The van der Waals surface area contributed by atoms with E-state index in [4.69, 9.17) is 19.9 Å². The predicted molar refractivity (Wildman–Crippen MR) is 140 cm³/mol. The lowest BCUT2D eigenvalue weighted by molar-refractivity contribution is -0.139. The fourth-order valence-electron chi connectivity index (χ4n) is 3.90. The number of nitrogens with two attached hydrogens (primary N) is 1. The first-order valence-electron chi connectivity index (χ1n) is 11.2. The van der Waals surface area contributed by atoms with Crippen molar-refractivity contribution in [2.24, 2.45) is 5.73 Å². The fourth-order valence-corrected chi connectivity index (χ4v) is 5.51. The van der Waals surface area contributed by atoms with Crippen LogP contribution >= 0.6 is 23.1 Å². The molecule has 0 fully saturated rings. The van der Waals surface area contributed by atoms with Crippen LogP contribution in [0.25, 0.3) is 10.6 Å². The molecule has 3 heterocycles. The quantitative estimate of drug-likeness (QED) is 0.312. The second kappa shape index (κ2) is 11.7. The van der Waals surface area contributed by atoms with Crippen LogP contribution in [0, 0.1) is 22.7 Å². The van der Waals surface area contributed by atoms with Crippen molar-refractivity contribution in [3.63, 3.8) is 0 Å². The third kappa shape index (κ3) is 5.31. The average molecular weight is 531 g/mol. The van der Waals surface area contributed by atoms with Crippen molar-refractivity contribution >= 4 is 29.1 Å². The van der Waals surface area contributed by atoms with E-state index in [-0.39, 0.29) is 35.1 Å². The molecule has 1 aliphatic rings. The number of nitriles is 2. The Morgan fingerprint density at radius 2 is 2.00 bits per heavy atom. The summed E-state index contributed by atoms with van der Waals surface area (Å²) in [5.41, 5.74) is 8.11. The molecule has 4 rings (SSSR count). The number of pyridine rings is 1. The number of thioether (sulfide) groups is 1. The Balaban J connectivity index is 1.80. The number of methoxy groups -OCH3 is 1. The highest BCUT2D eigenvalue weighted by Gasteiger charge is 2.39. The van der Waals surface area contributed by atoms with Crippen LogP contribution in [0.2, 0.25) is 0 Å². The van der Waals surface area contributed by atoms with Gasteiger partial charge in [0, 0.05) is 5.56 Å². The molecule has 2 aromatic heterocycles. The monoisotopic (exact) mass is 530 g/mol. The van der Waals surface area contributed by atoms with Crippen LogP contribution in [0.4, 0.5) is 0 Å². The molecule has 186 valence electrons. The third-order valence-corrected chi connectivity index (χ3v) is 7.42. The number of ether oxygens (including phenoxy) is 3. The molecule has 0 bridgehead atoms. The van der Waals surface area contributed by atoms with Gasteiger partial charge >= 0.3 is 5.97 Å². The molecule has 1 atom stereocenters. The van der Waals surface area contributed by atoms with Crippen molar-refractivity contribution in [2.75, 3.05) is 19.5 Å². The maximum Gasteiger partial charge on any atom is 0.338 e. The summed E-state index contributed by atoms with van der Waals surface area (Å²) in [5, 5.41) is 22.0. The molecule has 1 aliphatic heterocycles. The van der Waals surface area contributed by atoms with Crippen molar-refractivity contribution in [3.8, 4) is 28.5 Å². The molecular formula is C27H22N4O4S2. The molecule has 0 saturated heterocycles. The van der Waals surface area contributed by atoms with E-state index in [0.717, 1.165) is 10.6 Å². The number of para-hydroxylation sites is 1. The van der Waals surface area contributed by atoms with Gasteiger partial charge in [-0.25, -0.2) is 9.78 Å². The normalized spacial score (nSPS) is 15.0. The zero-order valence-corrected chi connectivity index (χ0v) is 21.7. The van der Waals surface area contributed by atoms with E-state index in [1.165, 1.54) is 18.9 Å². The lowest BCUT2D eigenvalue weighted by atomic mass is 9.82. The molecule has 10 heteroatoms. The molecule has 0 radical (unpaired) electrons. The van der Waals surface area contributed by atoms with Crippen LogP contribution in [0.5, 0.6) is 5.75 Å². The highest BCUT2D eigenvalue weighted by molar-refractivity contribution is 7.99. The maximum absolute atomic E-state index is 13.3. The van der Waals surface area contributed by atoms with Gasteiger partial charge in [0.05, 0.1) is 47.1 Å². The van der Waals surface area contributed by atoms with E-state index < -0.39 is 11.9 Å². The summed E-state index contributed by atoms with van der Waals surface area (Å²) in [5.74, 6) is -0.762. The van der Waals surface area contributed by atoms with Gasteiger partial charge in [-0.05, 0) is 36.6 Å². The summed E-state index contributed by atoms with van der Waals surface area (Å²) < 4.78 is 16.7. The molecule has 8 nitrogen and oxygen atoms in total. The topological polar surface area (TPSA) is 131 Å². The lowest BCUT2D eigenvalue weighted by Gasteiger charge is -2.28. The number of aromatic nitrogens is 1. The Morgan fingerprint density at radius 1 is 1.19 bits per heavy atom. The number of allylic oxidation sites excluding steroid dienone is 1. The smallest absolute Gasteiger partial charge is 0.338 e. The molecule has 2 N–H and O–H groups in total. The van der Waals surface area contributed by atoms with E-state index in [1.807, 2.05) is 17.5 Å². The van der Waals surface area contributed by atoms with Crippen molar-refractivity contribution in [2.45, 2.75) is 17.9 Å². The number of hydrogen-bond donors (Lipinski definition) is 1. The van der Waals surface area contributed by atoms with E-state index in [1.54, 1.807) is 54.7 Å². The van der Waals surface area contributed by atoms with Crippen LogP contribution in [-0.2, 0) is 14.3 Å². The highest BCUT2D eigenvalue weighted by Crippen LogP contribution is 2.44. The minimum Gasteiger partial charge on any atom is -0.496 e. The number of rotatable bonds is 8. The standard InChI is InChI=1S/C27H22N4O4S2/c1-3-34-27(32)24-21(15-37-26-16(13-28)10-11-19(31-26)22-9-6-12-36-22)35-25(30)18(14-29)23(24)17-7-4-5-8-20(17)33-2/h4-12,23H,3,15,30H2,1-2H3. The number of hydrogen-bond acceptors (Lipinski definition) is 10. The molecule has 3 aromatic rings. The second-order valence-corrected chi connectivity index (χ2v) is 9.56. The Hall–Kier alpha value is -4.25. The van der Waals surface area contributed by atoms with Crippen molar-refractivity contribution < 1.29 is 19.0 Å². The molecule has 0 amide bonds. The van der Waals surface area contributed by atoms with Crippen LogP contribution in [0.15, 0.2) is 81.7 Å². The summed E-state index contributed by atoms with van der Waals surface area (Å²) >= 11 is 2.78. The van der Waals surface area contributed by atoms with Crippen molar-refractivity contribution in [1.82, 2.24) is 4.98 Å². The summed E-state index contributed by atoms with van der Waals surface area (Å²) in [6.07, 6.45) is 0. The molecule has 0 aliphatic carbocycles. The Labute approximate surface area is 222 Å². The van der Waals surface area contributed by atoms with Gasteiger partial charge in [0.25, 0.3) is 0 Å². The van der Waals surface area contributed by atoms with Gasteiger partial charge in [-0.1, -0.05) is 36.0 Å². The van der Waals surface area contributed by atoms with Crippen LogP contribution in [-0.4, -0.2) is 30.4 Å². The number of thiophene rings is 1. The zero-order valence-electron chi connectivity index (χ0n) is 20.1. The van der Waals surface area contributed by atoms with E-state index in [9.17, 15) is 15.3 Å². The van der Waals surface area contributed by atoms with Crippen LogP contribution in [0.3, 0.4) is 0 Å². The van der Waals surface area contributed by atoms with Gasteiger partial charge in [-0.3, -0.25) is 0 Å².